The molecule has 0 rings (SSSR count). The van der Waals surface area contributed by atoms with Gasteiger partial charge in [-0.25, -0.2) is 0 Å². The van der Waals surface area contributed by atoms with Gasteiger partial charge in [0.15, 0.2) is 0 Å². The van der Waals surface area contributed by atoms with Crippen molar-refractivity contribution in [1.82, 2.24) is 5.09 Å². The quantitative estimate of drug-likeness (QED) is 0.385. The highest BCUT2D eigenvalue weighted by Crippen LogP contribution is 2.18. The minimum atomic E-state index is -2.03. The van der Waals surface area contributed by atoms with Crippen LogP contribution in [-0.4, -0.2) is 11.8 Å². The van der Waals surface area contributed by atoms with Crippen molar-refractivity contribution in [3.63, 3.8) is 0 Å². The maximum absolute atomic E-state index is 10.3. The molecule has 0 heterocycles. The van der Waals surface area contributed by atoms with Crippen molar-refractivity contribution in [2.75, 3.05) is 6.61 Å². The molecule has 0 saturated heterocycles. The zero-order valence-electron chi connectivity index (χ0n) is 4.88. The van der Waals surface area contributed by atoms with Gasteiger partial charge in [0.05, 0.1) is 6.61 Å². The van der Waals surface area contributed by atoms with Crippen LogP contribution in [0.15, 0.2) is 0 Å². The SMILES string of the molecule is CCOC(=S)N[PH](=O)S. The Kier molecular flexibility index (Phi) is 5.24. The van der Waals surface area contributed by atoms with Gasteiger partial charge in [0, 0.05) is 0 Å². The fourth-order valence-electron chi connectivity index (χ4n) is 0.254. The third-order valence-corrected chi connectivity index (χ3v) is 1.66. The summed E-state index contributed by atoms with van der Waals surface area (Å²) in [7, 11) is -2.03. The van der Waals surface area contributed by atoms with Crippen molar-refractivity contribution in [2.24, 2.45) is 0 Å². The minimum absolute atomic E-state index is 0.149. The molecular weight excluding hydrogens is 177 g/mol. The van der Waals surface area contributed by atoms with E-state index < -0.39 is 7.15 Å². The Hall–Kier alpha value is 0.270. The maximum Gasteiger partial charge on any atom is 0.262 e. The first-order chi connectivity index (χ1) is 4.16. The topological polar surface area (TPSA) is 38.3 Å². The number of thiol groups is 1. The summed E-state index contributed by atoms with van der Waals surface area (Å²) in [6, 6.07) is 0. The average molecular weight is 185 g/mol. The fourth-order valence-corrected chi connectivity index (χ4v) is 1.43. The van der Waals surface area contributed by atoms with E-state index in [4.69, 9.17) is 4.74 Å². The van der Waals surface area contributed by atoms with Gasteiger partial charge in [0.25, 0.3) is 5.17 Å². The van der Waals surface area contributed by atoms with Crippen LogP contribution in [0.3, 0.4) is 0 Å². The molecule has 0 aromatic rings. The monoisotopic (exact) mass is 185 g/mol. The van der Waals surface area contributed by atoms with Crippen LogP contribution in [0.4, 0.5) is 0 Å². The lowest BCUT2D eigenvalue weighted by molar-refractivity contribution is 0.327. The average Bonchev–Trinajstić information content (AvgIpc) is 1.63. The molecule has 0 bridgehead atoms. The highest BCUT2D eigenvalue weighted by atomic mass is 32.7. The van der Waals surface area contributed by atoms with E-state index in [2.05, 4.69) is 29.6 Å². The van der Waals surface area contributed by atoms with Gasteiger partial charge in [-0.15, -0.1) is 0 Å². The molecule has 0 aromatic heterocycles. The van der Waals surface area contributed by atoms with Crippen LogP contribution < -0.4 is 5.09 Å². The Bertz CT molecular complexity index is 129. The van der Waals surface area contributed by atoms with E-state index in [1.54, 1.807) is 6.92 Å². The molecule has 1 N–H and O–H groups in total. The Morgan fingerprint density at radius 2 is 2.56 bits per heavy atom. The Morgan fingerprint density at radius 1 is 2.00 bits per heavy atom. The Labute approximate surface area is 65.2 Å². The van der Waals surface area contributed by atoms with Gasteiger partial charge in [-0.3, -0.25) is 9.65 Å². The maximum atomic E-state index is 10.3. The van der Waals surface area contributed by atoms with E-state index >= 15 is 0 Å². The lowest BCUT2D eigenvalue weighted by atomic mass is 10.9. The molecular formula is C3H8NO2PS2. The van der Waals surface area contributed by atoms with Crippen molar-refractivity contribution >= 4 is 36.8 Å². The molecule has 0 aliphatic heterocycles. The second-order valence-electron chi connectivity index (χ2n) is 1.15. The molecule has 1 atom stereocenters. The lowest BCUT2D eigenvalue weighted by Gasteiger charge is -2.02. The third kappa shape index (κ3) is 6.15. The van der Waals surface area contributed by atoms with Crippen LogP contribution in [0.1, 0.15) is 6.92 Å². The first-order valence-corrected chi connectivity index (χ1v) is 5.44. The molecule has 1 unspecified atom stereocenters. The van der Waals surface area contributed by atoms with Gasteiger partial charge in [-0.1, -0.05) is 12.2 Å². The summed E-state index contributed by atoms with van der Waals surface area (Å²) in [6.07, 6.45) is 0. The van der Waals surface area contributed by atoms with Gasteiger partial charge in [0.1, 0.15) is 0 Å². The predicted octanol–water partition coefficient (Wildman–Crippen LogP) is 1.22. The predicted molar refractivity (Wildman–Crippen MR) is 45.3 cm³/mol. The van der Waals surface area contributed by atoms with Gasteiger partial charge >= 0.3 is 0 Å². The zero-order chi connectivity index (χ0) is 7.28. The molecule has 0 saturated carbocycles. The largest absolute Gasteiger partial charge is 0.471 e. The molecule has 6 heteroatoms. The third-order valence-electron chi connectivity index (χ3n) is 0.484. The number of rotatable bonds is 2. The molecule has 54 valence electrons. The molecule has 0 fully saturated rings. The van der Waals surface area contributed by atoms with Gasteiger partial charge in [-0.2, -0.15) is 0 Å². The van der Waals surface area contributed by atoms with Crippen molar-refractivity contribution in [3.05, 3.63) is 0 Å². The second-order valence-corrected chi connectivity index (χ2v) is 3.60. The number of hydrogen-bond acceptors (Lipinski definition) is 3. The molecule has 9 heavy (non-hydrogen) atoms. The number of ether oxygens (including phenoxy) is 1. The van der Waals surface area contributed by atoms with E-state index in [0.29, 0.717) is 6.61 Å². The number of hydrogen-bond donors (Lipinski definition) is 2. The van der Waals surface area contributed by atoms with E-state index in [1.807, 2.05) is 0 Å². The normalized spacial score (nSPS) is 12.2. The summed E-state index contributed by atoms with van der Waals surface area (Å²) in [5.41, 5.74) is 0. The molecule has 0 aromatic carbocycles. The van der Waals surface area contributed by atoms with Gasteiger partial charge in [0.2, 0.25) is 7.15 Å². The van der Waals surface area contributed by atoms with Gasteiger partial charge in [-0.05, 0) is 19.1 Å². The van der Waals surface area contributed by atoms with Crippen molar-refractivity contribution in [1.29, 1.82) is 0 Å². The van der Waals surface area contributed by atoms with E-state index in [1.165, 1.54) is 0 Å². The summed E-state index contributed by atoms with van der Waals surface area (Å²) in [6.45, 7) is 2.28. The number of thiocarbonyl (C=S) groups is 1. The molecule has 0 spiro atoms. The summed E-state index contributed by atoms with van der Waals surface area (Å²) >= 11 is 8.17. The standard InChI is InChI=1S/C3H8NO2PS2/c1-2-6-3(8)4-7(5)9/h7H,2H2,1H3,(H2,4,5,8,9). The van der Waals surface area contributed by atoms with Gasteiger partial charge < -0.3 is 4.74 Å². The van der Waals surface area contributed by atoms with E-state index in [-0.39, 0.29) is 5.17 Å². The van der Waals surface area contributed by atoms with Crippen molar-refractivity contribution in [2.45, 2.75) is 6.92 Å². The van der Waals surface area contributed by atoms with Crippen LogP contribution in [-0.2, 0) is 9.30 Å². The van der Waals surface area contributed by atoms with Crippen molar-refractivity contribution < 1.29 is 9.30 Å². The summed E-state index contributed by atoms with van der Waals surface area (Å²) in [4.78, 5) is 0. The first kappa shape index (κ1) is 9.27. The molecule has 3 nitrogen and oxygen atoms in total. The van der Waals surface area contributed by atoms with Crippen LogP contribution in [0.2, 0.25) is 0 Å². The minimum Gasteiger partial charge on any atom is -0.471 e. The molecule has 0 amide bonds. The number of nitrogens with one attached hydrogen (secondary N) is 1. The van der Waals surface area contributed by atoms with Crippen molar-refractivity contribution in [3.8, 4) is 0 Å². The molecule has 0 radical (unpaired) electrons. The molecule has 0 aliphatic carbocycles. The summed E-state index contributed by atoms with van der Waals surface area (Å²) < 4.78 is 15.0. The van der Waals surface area contributed by atoms with Crippen LogP contribution in [0.25, 0.3) is 0 Å². The van der Waals surface area contributed by atoms with Crippen LogP contribution in [0, 0.1) is 0 Å². The van der Waals surface area contributed by atoms with E-state index in [9.17, 15) is 4.57 Å². The van der Waals surface area contributed by atoms with Crippen LogP contribution >= 0.6 is 31.6 Å². The molecule has 0 aliphatic rings. The first-order valence-electron chi connectivity index (χ1n) is 2.33. The zero-order valence-corrected chi connectivity index (χ0v) is 7.59. The fraction of sp³-hybridized carbons (Fsp3) is 0.667. The lowest BCUT2D eigenvalue weighted by Crippen LogP contribution is -2.14. The highest BCUT2D eigenvalue weighted by molar-refractivity contribution is 8.40. The van der Waals surface area contributed by atoms with E-state index in [0.717, 1.165) is 0 Å². The smallest absolute Gasteiger partial charge is 0.262 e. The summed E-state index contributed by atoms with van der Waals surface area (Å²) in [5, 5.41) is 2.51. The Balaban J connectivity index is 3.39. The highest BCUT2D eigenvalue weighted by Gasteiger charge is 1.94. The summed E-state index contributed by atoms with van der Waals surface area (Å²) in [5.74, 6) is 0. The second kappa shape index (κ2) is 5.09. The Morgan fingerprint density at radius 3 is 2.89 bits per heavy atom. The van der Waals surface area contributed by atoms with Crippen LogP contribution in [0.5, 0.6) is 0 Å².